The molecular weight excluding hydrogens is 392 g/mol. The quantitative estimate of drug-likeness (QED) is 0.494. The Morgan fingerprint density at radius 2 is 1.50 bits per heavy atom. The number of hydrogen-bond donors (Lipinski definition) is 2. The van der Waals surface area contributed by atoms with Crippen LogP contribution in [0.3, 0.4) is 0 Å². The monoisotopic (exact) mass is 414 g/mol. The predicted molar refractivity (Wildman–Crippen MR) is 123 cm³/mol. The lowest BCUT2D eigenvalue weighted by atomic mass is 9.78. The molecule has 1 aliphatic heterocycles. The number of benzene rings is 3. The van der Waals surface area contributed by atoms with Gasteiger partial charge in [0, 0.05) is 22.7 Å². The normalized spacial score (nSPS) is 20.5. The zero-order chi connectivity index (χ0) is 20.7. The summed E-state index contributed by atoms with van der Waals surface area (Å²) in [7, 11) is 0. The number of anilines is 2. The first-order valence-corrected chi connectivity index (χ1v) is 10.7. The van der Waals surface area contributed by atoms with Crippen molar-refractivity contribution in [2.24, 2.45) is 0 Å². The molecule has 0 fully saturated rings. The molecule has 0 saturated heterocycles. The summed E-state index contributed by atoms with van der Waals surface area (Å²) in [5.74, 6) is 0.333. The number of carbonyl (C=O) groups is 1. The second-order valence-electron chi connectivity index (χ2n) is 8.13. The van der Waals surface area contributed by atoms with E-state index in [9.17, 15) is 4.79 Å². The third-order valence-corrected chi connectivity index (χ3v) is 6.31. The summed E-state index contributed by atoms with van der Waals surface area (Å²) in [6, 6.07) is 24.3. The standard InChI is InChI=1S/C26H23ClN2O/c1-16-6-8-18(9-7-16)26-25-23(28-21-4-2-3-5-22(21)29-26)14-19(15-24(25)30)17-10-12-20(27)13-11-17/h2-13,19,26,28-29H,14-15H2,1H3/t19-,26-/m0/s1. The van der Waals surface area contributed by atoms with Gasteiger partial charge in [0.2, 0.25) is 0 Å². The van der Waals surface area contributed by atoms with Crippen molar-refractivity contribution in [1.82, 2.24) is 0 Å². The van der Waals surface area contributed by atoms with Crippen LogP contribution in [0.5, 0.6) is 0 Å². The van der Waals surface area contributed by atoms with Crippen molar-refractivity contribution in [2.75, 3.05) is 10.6 Å². The maximum atomic E-state index is 13.5. The maximum absolute atomic E-state index is 13.5. The first-order valence-electron chi connectivity index (χ1n) is 10.3. The van der Waals surface area contributed by atoms with Gasteiger partial charge in [0.05, 0.1) is 17.4 Å². The van der Waals surface area contributed by atoms with Crippen LogP contribution in [0, 0.1) is 6.92 Å². The van der Waals surface area contributed by atoms with E-state index < -0.39 is 0 Å². The van der Waals surface area contributed by atoms with E-state index in [4.69, 9.17) is 11.6 Å². The fourth-order valence-corrected chi connectivity index (χ4v) is 4.60. The van der Waals surface area contributed by atoms with Crippen LogP contribution >= 0.6 is 11.6 Å². The molecule has 2 N–H and O–H groups in total. The van der Waals surface area contributed by atoms with Crippen molar-refractivity contribution in [3.8, 4) is 0 Å². The van der Waals surface area contributed by atoms with Crippen LogP contribution in [0.15, 0.2) is 84.1 Å². The lowest BCUT2D eigenvalue weighted by Crippen LogP contribution is -2.26. The summed E-state index contributed by atoms with van der Waals surface area (Å²) in [5, 5.41) is 7.93. The molecule has 0 amide bonds. The van der Waals surface area contributed by atoms with Gasteiger partial charge in [-0.25, -0.2) is 0 Å². The van der Waals surface area contributed by atoms with Crippen LogP contribution in [0.2, 0.25) is 5.02 Å². The average Bonchev–Trinajstić information content (AvgIpc) is 2.91. The van der Waals surface area contributed by atoms with E-state index in [1.807, 2.05) is 36.4 Å². The van der Waals surface area contributed by atoms with Gasteiger partial charge in [-0.3, -0.25) is 4.79 Å². The molecule has 5 rings (SSSR count). The van der Waals surface area contributed by atoms with Crippen molar-refractivity contribution in [3.63, 3.8) is 0 Å². The van der Waals surface area contributed by atoms with Crippen LogP contribution < -0.4 is 10.6 Å². The van der Waals surface area contributed by atoms with Crippen molar-refractivity contribution in [2.45, 2.75) is 31.7 Å². The molecule has 150 valence electrons. The highest BCUT2D eigenvalue weighted by molar-refractivity contribution is 6.30. The topological polar surface area (TPSA) is 41.1 Å². The molecule has 0 saturated carbocycles. The Labute approximate surface area is 181 Å². The fourth-order valence-electron chi connectivity index (χ4n) is 4.47. The number of rotatable bonds is 2. The number of halogens is 1. The van der Waals surface area contributed by atoms with Gasteiger partial charge in [-0.05, 0) is 54.7 Å². The molecule has 0 bridgehead atoms. The number of hydrogen-bond acceptors (Lipinski definition) is 3. The largest absolute Gasteiger partial charge is 0.372 e. The third-order valence-electron chi connectivity index (χ3n) is 6.06. The SMILES string of the molecule is Cc1ccc([C@@H]2Nc3ccccc3NC3=C2C(=O)C[C@@H](c2ccc(Cl)cc2)C3)cc1. The summed E-state index contributed by atoms with van der Waals surface area (Å²) in [6.07, 6.45) is 1.30. The fraction of sp³-hybridized carbons (Fsp3) is 0.192. The highest BCUT2D eigenvalue weighted by atomic mass is 35.5. The van der Waals surface area contributed by atoms with Gasteiger partial charge in [0.1, 0.15) is 0 Å². The van der Waals surface area contributed by atoms with E-state index in [2.05, 4.69) is 54.0 Å². The van der Waals surface area contributed by atoms with E-state index in [1.165, 1.54) is 5.56 Å². The van der Waals surface area contributed by atoms with Gasteiger partial charge < -0.3 is 10.6 Å². The van der Waals surface area contributed by atoms with Crippen molar-refractivity contribution in [1.29, 1.82) is 0 Å². The smallest absolute Gasteiger partial charge is 0.163 e. The van der Waals surface area contributed by atoms with Gasteiger partial charge in [-0.2, -0.15) is 0 Å². The van der Waals surface area contributed by atoms with Crippen molar-refractivity contribution >= 4 is 28.8 Å². The zero-order valence-corrected chi connectivity index (χ0v) is 17.5. The van der Waals surface area contributed by atoms with Crippen LogP contribution in [0.25, 0.3) is 0 Å². The second kappa shape index (κ2) is 7.66. The zero-order valence-electron chi connectivity index (χ0n) is 16.8. The number of fused-ring (bicyclic) bond motifs is 1. The van der Waals surface area contributed by atoms with Crippen molar-refractivity contribution < 1.29 is 4.79 Å². The van der Waals surface area contributed by atoms with E-state index >= 15 is 0 Å². The minimum absolute atomic E-state index is 0.143. The molecule has 30 heavy (non-hydrogen) atoms. The Morgan fingerprint density at radius 1 is 0.833 bits per heavy atom. The lowest BCUT2D eigenvalue weighted by molar-refractivity contribution is -0.116. The van der Waals surface area contributed by atoms with Gasteiger partial charge >= 0.3 is 0 Å². The van der Waals surface area contributed by atoms with Crippen molar-refractivity contribution in [3.05, 3.63) is 106 Å². The summed E-state index contributed by atoms with van der Waals surface area (Å²) in [4.78, 5) is 13.5. The Kier molecular flexibility index (Phi) is 4.84. The number of para-hydroxylation sites is 2. The summed E-state index contributed by atoms with van der Waals surface area (Å²) in [5.41, 5.74) is 7.33. The summed E-state index contributed by atoms with van der Waals surface area (Å²) in [6.45, 7) is 2.08. The molecule has 4 heteroatoms. The van der Waals surface area contributed by atoms with Gasteiger partial charge in [0.25, 0.3) is 0 Å². The van der Waals surface area contributed by atoms with E-state index in [0.717, 1.165) is 40.2 Å². The maximum Gasteiger partial charge on any atom is 0.163 e. The highest BCUT2D eigenvalue weighted by Gasteiger charge is 2.35. The molecular formula is C26H23ClN2O. The molecule has 0 radical (unpaired) electrons. The number of aryl methyl sites for hydroxylation is 1. The molecule has 0 aromatic heterocycles. The minimum atomic E-state index is -0.171. The minimum Gasteiger partial charge on any atom is -0.372 e. The molecule has 3 aromatic rings. The van der Waals surface area contributed by atoms with Crippen LogP contribution in [0.4, 0.5) is 11.4 Å². The Morgan fingerprint density at radius 3 is 2.23 bits per heavy atom. The summed E-state index contributed by atoms with van der Waals surface area (Å²) >= 11 is 6.07. The first-order chi connectivity index (χ1) is 14.6. The number of allylic oxidation sites excluding steroid dienone is 1. The van der Waals surface area contributed by atoms with Gasteiger partial charge in [-0.1, -0.05) is 65.7 Å². The van der Waals surface area contributed by atoms with Gasteiger partial charge in [0.15, 0.2) is 5.78 Å². The molecule has 3 aromatic carbocycles. The average molecular weight is 415 g/mol. The predicted octanol–water partition coefficient (Wildman–Crippen LogP) is 6.63. The first kappa shape index (κ1) is 19.0. The summed E-state index contributed by atoms with van der Waals surface area (Å²) < 4.78 is 0. The van der Waals surface area contributed by atoms with Crippen LogP contribution in [0.1, 0.15) is 41.5 Å². The van der Waals surface area contributed by atoms with E-state index in [-0.39, 0.29) is 17.7 Å². The third kappa shape index (κ3) is 3.50. The molecule has 2 aliphatic rings. The number of carbonyl (C=O) groups excluding carboxylic acids is 1. The Balaban J connectivity index is 1.60. The molecule has 0 spiro atoms. The number of Topliss-reactive ketones (excluding diaryl/α,β-unsaturated/α-hetero) is 1. The second-order valence-corrected chi connectivity index (χ2v) is 8.57. The molecule has 3 nitrogen and oxygen atoms in total. The number of ketones is 1. The van der Waals surface area contributed by atoms with Crippen LogP contribution in [-0.2, 0) is 4.79 Å². The molecule has 1 heterocycles. The molecule has 1 aliphatic carbocycles. The van der Waals surface area contributed by atoms with E-state index in [0.29, 0.717) is 11.4 Å². The molecule has 2 atom stereocenters. The van der Waals surface area contributed by atoms with Crippen LogP contribution in [-0.4, -0.2) is 5.78 Å². The van der Waals surface area contributed by atoms with Gasteiger partial charge in [-0.15, -0.1) is 0 Å². The Bertz CT molecular complexity index is 1130. The highest BCUT2D eigenvalue weighted by Crippen LogP contribution is 2.44. The lowest BCUT2D eigenvalue weighted by Gasteiger charge is -2.30. The molecule has 0 unspecified atom stereocenters. The van der Waals surface area contributed by atoms with E-state index in [1.54, 1.807) is 0 Å². The number of nitrogens with one attached hydrogen (secondary N) is 2. The Hall–Kier alpha value is -3.04.